The summed E-state index contributed by atoms with van der Waals surface area (Å²) in [4.78, 5) is 20.8. The van der Waals surface area contributed by atoms with Gasteiger partial charge in [-0.05, 0) is 12.1 Å². The number of aromatic nitrogens is 2. The maximum Gasteiger partial charge on any atom is 0.257 e. The molecule has 1 amide bonds. The maximum atomic E-state index is 12.7. The highest BCUT2D eigenvalue weighted by Gasteiger charge is 2.19. The Morgan fingerprint density at radius 2 is 1.96 bits per heavy atom. The number of hydrogen-bond donors (Lipinski definition) is 3. The minimum absolute atomic E-state index is 0.119. The molecule has 2 aromatic carbocycles. The van der Waals surface area contributed by atoms with E-state index < -0.39 is 5.91 Å². The van der Waals surface area contributed by atoms with Gasteiger partial charge in [-0.15, -0.1) is 0 Å². The van der Waals surface area contributed by atoms with Crippen molar-refractivity contribution in [3.05, 3.63) is 46.2 Å². The normalized spacial score (nSPS) is 10.7. The largest absolute Gasteiger partial charge is 0.495 e. The van der Waals surface area contributed by atoms with Crippen LogP contribution in [0.5, 0.6) is 5.75 Å². The highest BCUT2D eigenvalue weighted by atomic mass is 35.5. The Bertz CT molecular complexity index is 994. The van der Waals surface area contributed by atoms with Gasteiger partial charge < -0.3 is 21.5 Å². The summed E-state index contributed by atoms with van der Waals surface area (Å²) in [5, 5.41) is 3.49. The van der Waals surface area contributed by atoms with E-state index >= 15 is 0 Å². The van der Waals surface area contributed by atoms with Crippen molar-refractivity contribution in [2.45, 2.75) is 0 Å². The van der Waals surface area contributed by atoms with Crippen LogP contribution in [0.2, 0.25) is 10.0 Å². The molecule has 128 valence electrons. The van der Waals surface area contributed by atoms with Gasteiger partial charge >= 0.3 is 0 Å². The summed E-state index contributed by atoms with van der Waals surface area (Å²) < 4.78 is 5.14. The minimum atomic E-state index is -0.472. The number of hydrogen-bond acceptors (Lipinski definition) is 6. The number of fused-ring (bicyclic) bond motifs is 1. The van der Waals surface area contributed by atoms with E-state index in [1.54, 1.807) is 18.2 Å². The number of anilines is 3. The second kappa shape index (κ2) is 6.62. The quantitative estimate of drug-likeness (QED) is 0.602. The molecule has 5 N–H and O–H groups in total. The molecule has 0 aliphatic rings. The lowest BCUT2D eigenvalue weighted by atomic mass is 10.1. The van der Waals surface area contributed by atoms with Crippen molar-refractivity contribution in [3.63, 3.8) is 0 Å². The molecule has 9 heteroatoms. The number of halogens is 2. The van der Waals surface area contributed by atoms with Crippen LogP contribution in [0.15, 0.2) is 30.6 Å². The van der Waals surface area contributed by atoms with E-state index in [4.69, 9.17) is 39.4 Å². The van der Waals surface area contributed by atoms with Crippen LogP contribution >= 0.6 is 23.2 Å². The number of nitrogens with zero attached hydrogens (tertiary/aromatic N) is 2. The molecule has 0 saturated carbocycles. The number of methoxy groups -OCH3 is 1. The predicted molar refractivity (Wildman–Crippen MR) is 99.3 cm³/mol. The van der Waals surface area contributed by atoms with E-state index in [-0.39, 0.29) is 27.2 Å². The smallest absolute Gasteiger partial charge is 0.257 e. The highest BCUT2D eigenvalue weighted by molar-refractivity contribution is 6.42. The summed E-state index contributed by atoms with van der Waals surface area (Å²) in [6, 6.07) is 6.49. The zero-order chi connectivity index (χ0) is 18.1. The van der Waals surface area contributed by atoms with Crippen molar-refractivity contribution in [2.75, 3.05) is 23.9 Å². The molecule has 0 unspecified atom stereocenters. The summed E-state index contributed by atoms with van der Waals surface area (Å²) in [7, 11) is 1.44. The fraction of sp³-hybridized carbons (Fsp3) is 0.0625. The number of amides is 1. The second-order valence-electron chi connectivity index (χ2n) is 5.09. The Balaban J connectivity index is 2.08. The summed E-state index contributed by atoms with van der Waals surface area (Å²) in [5.41, 5.74) is 12.7. The van der Waals surface area contributed by atoms with E-state index in [1.807, 2.05) is 0 Å². The van der Waals surface area contributed by atoms with Gasteiger partial charge in [-0.3, -0.25) is 4.79 Å². The number of rotatable bonds is 3. The molecule has 3 aromatic rings. The van der Waals surface area contributed by atoms with Gasteiger partial charge in [-0.1, -0.05) is 29.3 Å². The van der Waals surface area contributed by atoms with Crippen LogP contribution in [0.25, 0.3) is 10.9 Å². The van der Waals surface area contributed by atoms with E-state index in [1.165, 1.54) is 19.5 Å². The van der Waals surface area contributed by atoms with Crippen LogP contribution in [-0.4, -0.2) is 23.0 Å². The van der Waals surface area contributed by atoms with Crippen molar-refractivity contribution in [3.8, 4) is 5.75 Å². The minimum Gasteiger partial charge on any atom is -0.495 e. The van der Waals surface area contributed by atoms with Gasteiger partial charge in [-0.2, -0.15) is 0 Å². The molecule has 0 saturated heterocycles. The van der Waals surface area contributed by atoms with Gasteiger partial charge in [0.15, 0.2) is 0 Å². The Morgan fingerprint density at radius 1 is 1.20 bits per heavy atom. The van der Waals surface area contributed by atoms with Crippen molar-refractivity contribution >= 4 is 57.2 Å². The van der Waals surface area contributed by atoms with Gasteiger partial charge in [0.2, 0.25) is 0 Å². The van der Waals surface area contributed by atoms with Gasteiger partial charge in [0, 0.05) is 11.5 Å². The third-order valence-corrected chi connectivity index (χ3v) is 4.38. The first-order valence-corrected chi connectivity index (χ1v) is 7.81. The highest BCUT2D eigenvalue weighted by Crippen LogP contribution is 2.42. The van der Waals surface area contributed by atoms with Crippen LogP contribution in [-0.2, 0) is 0 Å². The molecule has 7 nitrogen and oxygen atoms in total. The number of ether oxygens (including phenoxy) is 1. The Morgan fingerprint density at radius 3 is 2.68 bits per heavy atom. The molecule has 3 rings (SSSR count). The summed E-state index contributed by atoms with van der Waals surface area (Å²) in [5.74, 6) is 0.102. The van der Waals surface area contributed by atoms with Crippen LogP contribution in [0.1, 0.15) is 10.4 Å². The molecule has 25 heavy (non-hydrogen) atoms. The van der Waals surface area contributed by atoms with Crippen molar-refractivity contribution in [1.82, 2.24) is 9.97 Å². The van der Waals surface area contributed by atoms with Gasteiger partial charge in [0.1, 0.15) is 22.9 Å². The number of benzene rings is 2. The van der Waals surface area contributed by atoms with E-state index in [0.29, 0.717) is 22.2 Å². The van der Waals surface area contributed by atoms with Crippen molar-refractivity contribution in [2.24, 2.45) is 0 Å². The van der Waals surface area contributed by atoms with Crippen molar-refractivity contribution < 1.29 is 9.53 Å². The van der Waals surface area contributed by atoms with E-state index in [9.17, 15) is 4.79 Å². The molecule has 1 heterocycles. The van der Waals surface area contributed by atoms with Crippen LogP contribution in [0, 0.1) is 0 Å². The fourth-order valence-electron chi connectivity index (χ4n) is 2.36. The Labute approximate surface area is 152 Å². The molecule has 0 radical (unpaired) electrons. The first-order valence-electron chi connectivity index (χ1n) is 7.06. The predicted octanol–water partition coefficient (Wildman–Crippen LogP) is 3.36. The van der Waals surface area contributed by atoms with Crippen molar-refractivity contribution in [1.29, 1.82) is 0 Å². The van der Waals surface area contributed by atoms with Crippen LogP contribution in [0.3, 0.4) is 0 Å². The topological polar surface area (TPSA) is 116 Å². The zero-order valence-corrected chi connectivity index (χ0v) is 14.5. The van der Waals surface area contributed by atoms with Crippen LogP contribution in [0.4, 0.5) is 17.2 Å². The number of nitrogens with two attached hydrogens (primary N) is 2. The molecular weight excluding hydrogens is 365 g/mol. The summed E-state index contributed by atoms with van der Waals surface area (Å²) >= 11 is 12.4. The van der Waals surface area contributed by atoms with Crippen LogP contribution < -0.4 is 21.5 Å². The number of nitrogen functional groups attached to an aromatic ring is 2. The third-order valence-electron chi connectivity index (χ3n) is 3.59. The number of carbonyl (C=O) groups is 1. The molecule has 0 aliphatic heterocycles. The maximum absolute atomic E-state index is 12.7. The van der Waals surface area contributed by atoms with Gasteiger partial charge in [-0.25, -0.2) is 9.97 Å². The van der Waals surface area contributed by atoms with E-state index in [2.05, 4.69) is 15.3 Å². The molecule has 0 aliphatic carbocycles. The fourth-order valence-corrected chi connectivity index (χ4v) is 2.88. The molecular formula is C16H13Cl2N5O2. The average molecular weight is 378 g/mol. The first kappa shape index (κ1) is 17.1. The summed E-state index contributed by atoms with van der Waals surface area (Å²) in [6.45, 7) is 0. The lowest BCUT2D eigenvalue weighted by Crippen LogP contribution is -2.14. The number of para-hydroxylation sites is 1. The van der Waals surface area contributed by atoms with Gasteiger partial charge in [0.25, 0.3) is 5.91 Å². The lowest BCUT2D eigenvalue weighted by Gasteiger charge is -2.14. The van der Waals surface area contributed by atoms with Gasteiger partial charge in [0.05, 0.1) is 34.6 Å². The average Bonchev–Trinajstić information content (AvgIpc) is 2.61. The zero-order valence-electron chi connectivity index (χ0n) is 13.0. The molecule has 0 bridgehead atoms. The first-order chi connectivity index (χ1) is 11.9. The number of carbonyl (C=O) groups excluding carboxylic acids is 1. The second-order valence-corrected chi connectivity index (χ2v) is 5.84. The third kappa shape index (κ3) is 2.99. The SMILES string of the molecule is COc1cc(N)c(Cl)c(NC(=O)c2cccc3c(N)ncnc23)c1Cl. The summed E-state index contributed by atoms with van der Waals surface area (Å²) in [6.07, 6.45) is 1.29. The monoisotopic (exact) mass is 377 g/mol. The molecule has 0 atom stereocenters. The molecule has 1 aromatic heterocycles. The lowest BCUT2D eigenvalue weighted by molar-refractivity contribution is 0.102. The Hall–Kier alpha value is -2.77. The molecule has 0 fully saturated rings. The van der Waals surface area contributed by atoms with E-state index in [0.717, 1.165) is 0 Å². The Kier molecular flexibility index (Phi) is 4.52. The standard InChI is InChI=1S/C16H13Cl2N5O2/c1-25-10-5-9(19)11(17)14(12(10)18)23-16(24)8-4-2-3-7-13(8)21-6-22-15(7)20/h2-6H,19H2,1H3,(H,23,24)(H2,20,21,22). The molecule has 0 spiro atoms. The number of nitrogens with one attached hydrogen (secondary N) is 1.